The first-order chi connectivity index (χ1) is 14.7. The molecule has 0 atom stereocenters. The molecule has 0 saturated heterocycles. The van der Waals surface area contributed by atoms with Gasteiger partial charge in [0.15, 0.2) is 0 Å². The zero-order valence-electron chi connectivity index (χ0n) is 16.1. The van der Waals surface area contributed by atoms with Crippen LogP contribution in [0.2, 0.25) is 20.1 Å². The maximum Gasteiger partial charge on any atom is 0.238 e. The molecule has 0 fully saturated rings. The molecule has 0 aliphatic rings. The number of hydrazine groups is 1. The van der Waals surface area contributed by atoms with E-state index in [4.69, 9.17) is 51.1 Å². The minimum atomic E-state index is -0.505. The average molecular weight is 507 g/mol. The molecular weight excluding hydrogens is 488 g/mol. The van der Waals surface area contributed by atoms with Crippen LogP contribution in [0.25, 0.3) is 0 Å². The first kappa shape index (κ1) is 25.1. The maximum atomic E-state index is 11.9. The third-order valence-electron chi connectivity index (χ3n) is 3.83. The van der Waals surface area contributed by atoms with E-state index in [-0.39, 0.29) is 25.9 Å². The molecule has 2 aromatic rings. The average Bonchev–Trinajstić information content (AvgIpc) is 2.71. The Labute approximate surface area is 199 Å². The van der Waals surface area contributed by atoms with Gasteiger partial charge in [-0.05, 0) is 42.8 Å². The van der Waals surface area contributed by atoms with Crippen LogP contribution in [-0.2, 0) is 14.4 Å². The van der Waals surface area contributed by atoms with Gasteiger partial charge >= 0.3 is 0 Å². The predicted molar refractivity (Wildman–Crippen MR) is 122 cm³/mol. The summed E-state index contributed by atoms with van der Waals surface area (Å²) in [6, 6.07) is 9.49. The molecule has 0 heterocycles. The number of rotatable bonds is 9. The summed E-state index contributed by atoms with van der Waals surface area (Å²) >= 11 is 23.6. The topological polar surface area (TPSA) is 96.5 Å². The lowest BCUT2D eigenvalue weighted by Crippen LogP contribution is -2.41. The first-order valence-electron chi connectivity index (χ1n) is 9.15. The van der Waals surface area contributed by atoms with Crippen LogP contribution in [0.3, 0.4) is 0 Å². The normalized spacial score (nSPS) is 10.3. The van der Waals surface area contributed by atoms with E-state index in [0.717, 1.165) is 0 Å². The lowest BCUT2D eigenvalue weighted by atomic mass is 10.2. The van der Waals surface area contributed by atoms with Crippen LogP contribution in [0, 0.1) is 0 Å². The van der Waals surface area contributed by atoms with E-state index in [1.807, 2.05) is 0 Å². The van der Waals surface area contributed by atoms with Gasteiger partial charge in [-0.2, -0.15) is 0 Å². The van der Waals surface area contributed by atoms with Crippen LogP contribution in [0.1, 0.15) is 25.7 Å². The second kappa shape index (κ2) is 12.6. The Kier molecular flexibility index (Phi) is 10.2. The molecule has 0 bridgehead atoms. The molecule has 31 heavy (non-hydrogen) atoms. The summed E-state index contributed by atoms with van der Waals surface area (Å²) in [5.74, 6) is -0.826. The molecule has 166 valence electrons. The molecule has 0 aromatic heterocycles. The molecule has 0 spiro atoms. The van der Waals surface area contributed by atoms with Crippen LogP contribution < -0.4 is 20.9 Å². The monoisotopic (exact) mass is 505 g/mol. The van der Waals surface area contributed by atoms with Crippen LogP contribution in [-0.4, -0.2) is 24.3 Å². The fourth-order valence-electron chi connectivity index (χ4n) is 2.30. The number of benzene rings is 2. The lowest BCUT2D eigenvalue weighted by molar-refractivity contribution is -0.129. The fourth-order valence-corrected chi connectivity index (χ4v) is 3.22. The van der Waals surface area contributed by atoms with Gasteiger partial charge in [-0.1, -0.05) is 46.4 Å². The number of carbonyl (C=O) groups excluding carboxylic acids is 3. The zero-order valence-corrected chi connectivity index (χ0v) is 19.2. The van der Waals surface area contributed by atoms with Crippen molar-refractivity contribution in [3.05, 3.63) is 56.5 Å². The summed E-state index contributed by atoms with van der Waals surface area (Å²) in [6.07, 6.45) is 0.331. The third-order valence-corrected chi connectivity index (χ3v) is 4.90. The molecule has 7 nitrogen and oxygen atoms in total. The van der Waals surface area contributed by atoms with Crippen molar-refractivity contribution < 1.29 is 19.1 Å². The van der Waals surface area contributed by atoms with Crippen LogP contribution >= 0.6 is 46.4 Å². The maximum absolute atomic E-state index is 11.9. The minimum absolute atomic E-state index is 0.0870. The van der Waals surface area contributed by atoms with Crippen molar-refractivity contribution in [2.24, 2.45) is 0 Å². The van der Waals surface area contributed by atoms with Gasteiger partial charge in [0.05, 0.1) is 22.3 Å². The molecule has 3 amide bonds. The lowest BCUT2D eigenvalue weighted by Gasteiger charge is -2.10. The Morgan fingerprint density at radius 3 is 1.97 bits per heavy atom. The van der Waals surface area contributed by atoms with E-state index in [1.165, 1.54) is 6.07 Å². The van der Waals surface area contributed by atoms with Crippen molar-refractivity contribution >= 4 is 69.8 Å². The summed E-state index contributed by atoms with van der Waals surface area (Å²) in [6.45, 7) is 0.260. The summed E-state index contributed by atoms with van der Waals surface area (Å²) in [5, 5.41) is 4.20. The van der Waals surface area contributed by atoms with Crippen molar-refractivity contribution in [2.75, 3.05) is 11.9 Å². The highest BCUT2D eigenvalue weighted by atomic mass is 35.5. The molecule has 2 aromatic carbocycles. The van der Waals surface area contributed by atoms with Crippen molar-refractivity contribution in [1.82, 2.24) is 10.9 Å². The van der Waals surface area contributed by atoms with Gasteiger partial charge in [0.25, 0.3) is 0 Å². The summed E-state index contributed by atoms with van der Waals surface area (Å²) < 4.78 is 5.48. The number of hydrogen-bond acceptors (Lipinski definition) is 4. The van der Waals surface area contributed by atoms with E-state index in [2.05, 4.69) is 16.2 Å². The van der Waals surface area contributed by atoms with Crippen LogP contribution in [0.4, 0.5) is 5.69 Å². The highest BCUT2D eigenvalue weighted by molar-refractivity contribution is 6.37. The van der Waals surface area contributed by atoms with Crippen molar-refractivity contribution in [3.63, 3.8) is 0 Å². The third kappa shape index (κ3) is 9.23. The molecule has 0 unspecified atom stereocenters. The Morgan fingerprint density at radius 1 is 0.742 bits per heavy atom. The molecular formula is C20H19Cl4N3O4. The van der Waals surface area contributed by atoms with E-state index in [0.29, 0.717) is 37.9 Å². The Hall–Kier alpha value is -2.19. The van der Waals surface area contributed by atoms with Gasteiger partial charge in [0.2, 0.25) is 17.7 Å². The van der Waals surface area contributed by atoms with Gasteiger partial charge in [-0.15, -0.1) is 0 Å². The number of amides is 3. The summed E-state index contributed by atoms with van der Waals surface area (Å²) in [4.78, 5) is 35.5. The van der Waals surface area contributed by atoms with Crippen LogP contribution in [0.5, 0.6) is 5.75 Å². The number of ether oxygens (including phenoxy) is 1. The Balaban J connectivity index is 1.59. The molecule has 0 aliphatic heterocycles. The number of hydrogen-bond donors (Lipinski definition) is 3. The van der Waals surface area contributed by atoms with E-state index >= 15 is 0 Å². The minimum Gasteiger partial charge on any atom is -0.492 e. The Bertz CT molecular complexity index is 956. The highest BCUT2D eigenvalue weighted by Crippen LogP contribution is 2.27. The largest absolute Gasteiger partial charge is 0.492 e. The molecule has 0 aliphatic carbocycles. The van der Waals surface area contributed by atoms with E-state index in [1.54, 1.807) is 30.3 Å². The highest BCUT2D eigenvalue weighted by Gasteiger charge is 2.10. The molecule has 0 saturated carbocycles. The van der Waals surface area contributed by atoms with Gasteiger partial charge in [-0.3, -0.25) is 25.2 Å². The molecule has 0 radical (unpaired) electrons. The standard InChI is InChI=1S/C20H19Cl4N3O4/c21-12-3-5-16(14(23)10-12)25-18(28)7-8-20(30)27-26-19(29)2-1-9-31-17-6-4-13(22)11-15(17)24/h3-6,10-11H,1-2,7-9H2,(H,25,28)(H,26,29)(H,27,30). The second-order valence-corrected chi connectivity index (χ2v) is 7.98. The van der Waals surface area contributed by atoms with Crippen LogP contribution in [0.15, 0.2) is 36.4 Å². The van der Waals surface area contributed by atoms with Gasteiger partial charge in [-0.25, -0.2) is 0 Å². The summed E-state index contributed by atoms with van der Waals surface area (Å²) in [5.41, 5.74) is 4.93. The summed E-state index contributed by atoms with van der Waals surface area (Å²) in [7, 11) is 0. The number of carbonyl (C=O) groups is 3. The quantitative estimate of drug-likeness (QED) is 0.328. The van der Waals surface area contributed by atoms with E-state index < -0.39 is 17.7 Å². The smallest absolute Gasteiger partial charge is 0.238 e. The predicted octanol–water partition coefficient (Wildman–Crippen LogP) is 5.03. The van der Waals surface area contributed by atoms with Crippen molar-refractivity contribution in [2.45, 2.75) is 25.7 Å². The fraction of sp³-hybridized carbons (Fsp3) is 0.250. The SMILES string of the molecule is O=C(CCCOc1ccc(Cl)cc1Cl)NNC(=O)CCC(=O)Nc1ccc(Cl)cc1Cl. The number of halogens is 4. The molecule has 2 rings (SSSR count). The number of nitrogens with one attached hydrogen (secondary N) is 3. The second-order valence-electron chi connectivity index (χ2n) is 6.30. The van der Waals surface area contributed by atoms with Gasteiger partial charge in [0, 0.05) is 29.3 Å². The van der Waals surface area contributed by atoms with Gasteiger partial charge < -0.3 is 10.1 Å². The van der Waals surface area contributed by atoms with Crippen molar-refractivity contribution in [1.29, 1.82) is 0 Å². The zero-order chi connectivity index (χ0) is 22.8. The molecule has 3 N–H and O–H groups in total. The molecule has 11 heteroatoms. The number of anilines is 1. The van der Waals surface area contributed by atoms with Crippen molar-refractivity contribution in [3.8, 4) is 5.75 Å². The van der Waals surface area contributed by atoms with Gasteiger partial charge in [0.1, 0.15) is 5.75 Å². The Morgan fingerprint density at radius 2 is 1.32 bits per heavy atom. The van der Waals surface area contributed by atoms with E-state index in [9.17, 15) is 14.4 Å². The first-order valence-corrected chi connectivity index (χ1v) is 10.7.